The highest BCUT2D eigenvalue weighted by molar-refractivity contribution is 5.94. The van der Waals surface area contributed by atoms with Crippen LogP contribution in [0.15, 0.2) is 54.7 Å². The predicted molar refractivity (Wildman–Crippen MR) is 117 cm³/mol. The Morgan fingerprint density at radius 1 is 1.00 bits per heavy atom. The highest BCUT2D eigenvalue weighted by Crippen LogP contribution is 2.18. The molecule has 0 atom stereocenters. The van der Waals surface area contributed by atoms with E-state index in [9.17, 15) is 18.4 Å². The van der Waals surface area contributed by atoms with Gasteiger partial charge in [0.2, 0.25) is 5.91 Å². The first-order chi connectivity index (χ1) is 15.5. The summed E-state index contributed by atoms with van der Waals surface area (Å²) >= 11 is 0. The summed E-state index contributed by atoms with van der Waals surface area (Å²) < 4.78 is 26.6. The van der Waals surface area contributed by atoms with Gasteiger partial charge in [-0.05, 0) is 23.8 Å². The van der Waals surface area contributed by atoms with Crippen molar-refractivity contribution >= 4 is 22.7 Å². The molecule has 0 bridgehead atoms. The van der Waals surface area contributed by atoms with Crippen LogP contribution in [-0.4, -0.2) is 59.3 Å². The first kappa shape index (κ1) is 21.8. The summed E-state index contributed by atoms with van der Waals surface area (Å²) in [6.07, 6.45) is 1.92. The van der Waals surface area contributed by atoms with Crippen molar-refractivity contribution in [2.24, 2.45) is 0 Å². The van der Waals surface area contributed by atoms with Crippen LogP contribution in [0.1, 0.15) is 22.3 Å². The third kappa shape index (κ3) is 5.08. The van der Waals surface area contributed by atoms with E-state index in [1.165, 1.54) is 5.56 Å². The molecule has 8 heteroatoms. The lowest BCUT2D eigenvalue weighted by molar-refractivity contribution is -0.132. The van der Waals surface area contributed by atoms with Gasteiger partial charge in [-0.3, -0.25) is 19.5 Å². The monoisotopic (exact) mass is 438 g/mol. The standard InChI is InChI=1S/C24H24F2N4O2/c25-19-6-7-20(21(26)15-19)24(32)28-10-8-22(31)30-13-11-29(12-14-30)16-18-4-1-3-17-5-2-9-27-23(17)18/h1-7,9,15H,8,10-14,16H2,(H,28,32). The van der Waals surface area contributed by atoms with Crippen molar-refractivity contribution < 1.29 is 18.4 Å². The van der Waals surface area contributed by atoms with Crippen molar-refractivity contribution in [2.45, 2.75) is 13.0 Å². The fourth-order valence-electron chi connectivity index (χ4n) is 3.90. The van der Waals surface area contributed by atoms with Gasteiger partial charge in [0.1, 0.15) is 11.6 Å². The predicted octanol–water partition coefficient (Wildman–Crippen LogP) is 2.98. The van der Waals surface area contributed by atoms with Gasteiger partial charge in [0, 0.05) is 63.3 Å². The Labute approximate surface area is 184 Å². The number of hydrogen-bond acceptors (Lipinski definition) is 4. The topological polar surface area (TPSA) is 65.5 Å². The minimum Gasteiger partial charge on any atom is -0.351 e. The van der Waals surface area contributed by atoms with Crippen LogP contribution < -0.4 is 5.32 Å². The molecule has 0 saturated carbocycles. The molecule has 1 fully saturated rings. The van der Waals surface area contributed by atoms with E-state index in [0.717, 1.165) is 42.7 Å². The quantitative estimate of drug-likeness (QED) is 0.643. The third-order valence-electron chi connectivity index (χ3n) is 5.64. The Bertz CT molecular complexity index is 1120. The molecule has 6 nitrogen and oxygen atoms in total. The molecule has 3 aromatic rings. The van der Waals surface area contributed by atoms with E-state index < -0.39 is 17.5 Å². The van der Waals surface area contributed by atoms with Gasteiger partial charge in [-0.25, -0.2) is 8.78 Å². The van der Waals surface area contributed by atoms with Gasteiger partial charge < -0.3 is 10.2 Å². The minimum absolute atomic E-state index is 0.0589. The van der Waals surface area contributed by atoms with Crippen molar-refractivity contribution in [1.82, 2.24) is 20.1 Å². The largest absolute Gasteiger partial charge is 0.351 e. The van der Waals surface area contributed by atoms with Crippen LogP contribution in [0.25, 0.3) is 10.9 Å². The second-order valence-corrected chi connectivity index (χ2v) is 7.78. The molecule has 32 heavy (non-hydrogen) atoms. The van der Waals surface area contributed by atoms with Crippen LogP contribution in [0.3, 0.4) is 0 Å². The van der Waals surface area contributed by atoms with Crippen molar-refractivity contribution in [2.75, 3.05) is 32.7 Å². The number of para-hydroxylation sites is 1. The number of carbonyl (C=O) groups excluding carboxylic acids is 2. The van der Waals surface area contributed by atoms with Crippen LogP contribution in [0.4, 0.5) is 8.78 Å². The number of hydrogen-bond donors (Lipinski definition) is 1. The summed E-state index contributed by atoms with van der Waals surface area (Å²) in [5, 5.41) is 3.63. The Kier molecular flexibility index (Phi) is 6.70. The molecule has 0 aliphatic carbocycles. The zero-order valence-corrected chi connectivity index (χ0v) is 17.6. The van der Waals surface area contributed by atoms with Gasteiger partial charge in [0.05, 0.1) is 11.1 Å². The number of fused-ring (bicyclic) bond motifs is 1. The van der Waals surface area contributed by atoms with Gasteiger partial charge in [0.25, 0.3) is 5.91 Å². The van der Waals surface area contributed by atoms with Crippen LogP contribution in [0.2, 0.25) is 0 Å². The molecule has 2 amide bonds. The molecule has 0 spiro atoms. The molecule has 2 aromatic carbocycles. The van der Waals surface area contributed by atoms with E-state index in [2.05, 4.69) is 21.3 Å². The second-order valence-electron chi connectivity index (χ2n) is 7.78. The number of pyridine rings is 1. The van der Waals surface area contributed by atoms with E-state index in [1.54, 1.807) is 11.1 Å². The van der Waals surface area contributed by atoms with Crippen LogP contribution >= 0.6 is 0 Å². The van der Waals surface area contributed by atoms with Crippen molar-refractivity contribution in [3.8, 4) is 0 Å². The SMILES string of the molecule is O=C(NCCC(=O)N1CCN(Cc2cccc3cccnc23)CC1)c1ccc(F)cc1F. The number of piperazine rings is 1. The fraction of sp³-hybridized carbons (Fsp3) is 0.292. The van der Waals surface area contributed by atoms with Crippen LogP contribution in [0, 0.1) is 11.6 Å². The number of nitrogens with one attached hydrogen (secondary N) is 1. The van der Waals surface area contributed by atoms with E-state index >= 15 is 0 Å². The van der Waals surface area contributed by atoms with Gasteiger partial charge in [0.15, 0.2) is 0 Å². The number of nitrogens with zero attached hydrogens (tertiary/aromatic N) is 3. The lowest BCUT2D eigenvalue weighted by Crippen LogP contribution is -2.48. The van der Waals surface area contributed by atoms with E-state index in [0.29, 0.717) is 19.2 Å². The van der Waals surface area contributed by atoms with Gasteiger partial charge in [-0.1, -0.05) is 24.3 Å². The zero-order valence-electron chi connectivity index (χ0n) is 17.6. The molecule has 1 saturated heterocycles. The fourth-order valence-corrected chi connectivity index (χ4v) is 3.90. The zero-order chi connectivity index (χ0) is 22.5. The molecular formula is C24H24F2N4O2. The van der Waals surface area contributed by atoms with Crippen molar-refractivity contribution in [1.29, 1.82) is 0 Å². The lowest BCUT2D eigenvalue weighted by atomic mass is 10.1. The average molecular weight is 438 g/mol. The normalized spacial score (nSPS) is 14.5. The highest BCUT2D eigenvalue weighted by Gasteiger charge is 2.22. The summed E-state index contributed by atoms with van der Waals surface area (Å²) in [5.74, 6) is -2.39. The van der Waals surface area contributed by atoms with E-state index in [-0.39, 0.29) is 24.4 Å². The maximum absolute atomic E-state index is 13.7. The van der Waals surface area contributed by atoms with Crippen LogP contribution in [-0.2, 0) is 11.3 Å². The number of halogens is 2. The summed E-state index contributed by atoms with van der Waals surface area (Å²) in [4.78, 5) is 33.1. The average Bonchev–Trinajstić information content (AvgIpc) is 2.79. The smallest absolute Gasteiger partial charge is 0.254 e. The maximum atomic E-state index is 13.7. The summed E-state index contributed by atoms with van der Waals surface area (Å²) in [6.45, 7) is 3.59. The molecule has 4 rings (SSSR count). The molecule has 0 radical (unpaired) electrons. The van der Waals surface area contributed by atoms with Gasteiger partial charge in [-0.15, -0.1) is 0 Å². The van der Waals surface area contributed by atoms with E-state index in [1.807, 2.05) is 24.3 Å². The number of benzene rings is 2. The first-order valence-corrected chi connectivity index (χ1v) is 10.6. The first-order valence-electron chi connectivity index (χ1n) is 10.6. The molecule has 0 unspecified atom stereocenters. The molecule has 1 aliphatic rings. The second kappa shape index (κ2) is 9.82. The molecule has 1 aliphatic heterocycles. The molecule has 1 aromatic heterocycles. The Hall–Kier alpha value is -3.39. The third-order valence-corrected chi connectivity index (χ3v) is 5.64. The summed E-state index contributed by atoms with van der Waals surface area (Å²) in [7, 11) is 0. The summed E-state index contributed by atoms with van der Waals surface area (Å²) in [6, 6.07) is 12.9. The Morgan fingerprint density at radius 3 is 2.56 bits per heavy atom. The number of amides is 2. The number of rotatable bonds is 6. The van der Waals surface area contributed by atoms with Crippen molar-refractivity contribution in [3.63, 3.8) is 0 Å². The summed E-state index contributed by atoms with van der Waals surface area (Å²) in [5.41, 5.74) is 1.93. The molecule has 2 heterocycles. The van der Waals surface area contributed by atoms with Gasteiger partial charge >= 0.3 is 0 Å². The maximum Gasteiger partial charge on any atom is 0.254 e. The molecular weight excluding hydrogens is 414 g/mol. The lowest BCUT2D eigenvalue weighted by Gasteiger charge is -2.35. The highest BCUT2D eigenvalue weighted by atomic mass is 19.1. The Balaban J connectivity index is 1.23. The van der Waals surface area contributed by atoms with Crippen molar-refractivity contribution in [3.05, 3.63) is 77.5 Å². The minimum atomic E-state index is -0.925. The number of carbonyl (C=O) groups is 2. The van der Waals surface area contributed by atoms with Gasteiger partial charge in [-0.2, -0.15) is 0 Å². The Morgan fingerprint density at radius 2 is 1.78 bits per heavy atom. The molecule has 166 valence electrons. The number of aromatic nitrogens is 1. The van der Waals surface area contributed by atoms with Crippen LogP contribution in [0.5, 0.6) is 0 Å². The van der Waals surface area contributed by atoms with E-state index in [4.69, 9.17) is 0 Å². The molecule has 1 N–H and O–H groups in total.